The zero-order chi connectivity index (χ0) is 13.1. The van der Waals surface area contributed by atoms with E-state index in [2.05, 4.69) is 0 Å². The maximum atomic E-state index is 12.1. The monoisotopic (exact) mass is 268 g/mol. The first kappa shape index (κ1) is 13.0. The number of aliphatic carboxylic acids is 1. The van der Waals surface area contributed by atoms with Gasteiger partial charge in [0.1, 0.15) is 0 Å². The molecule has 1 fully saturated rings. The summed E-state index contributed by atoms with van der Waals surface area (Å²) in [5, 5.41) is 12.7. The van der Waals surface area contributed by atoms with Gasteiger partial charge in [0.05, 0.1) is 18.5 Å². The molecule has 0 bridgehead atoms. The normalized spacial score (nSPS) is 20.9. The van der Waals surface area contributed by atoms with Crippen LogP contribution in [0.1, 0.15) is 30.9 Å². The van der Waals surface area contributed by atoms with Crippen molar-refractivity contribution in [2.75, 3.05) is 6.54 Å². The van der Waals surface area contributed by atoms with Crippen molar-refractivity contribution in [3.8, 4) is 0 Å². The highest BCUT2D eigenvalue weighted by Crippen LogP contribution is 2.33. The van der Waals surface area contributed by atoms with Crippen LogP contribution in [0.15, 0.2) is 16.8 Å². The van der Waals surface area contributed by atoms with Crippen molar-refractivity contribution in [2.24, 2.45) is 5.73 Å². The van der Waals surface area contributed by atoms with Gasteiger partial charge in [0.25, 0.3) is 0 Å². The van der Waals surface area contributed by atoms with Gasteiger partial charge in [-0.25, -0.2) is 0 Å². The number of rotatable bonds is 4. The van der Waals surface area contributed by atoms with Gasteiger partial charge < -0.3 is 15.7 Å². The molecule has 2 rings (SSSR count). The lowest BCUT2D eigenvalue weighted by Gasteiger charge is -2.26. The van der Waals surface area contributed by atoms with E-state index in [1.165, 1.54) is 0 Å². The van der Waals surface area contributed by atoms with Crippen molar-refractivity contribution in [2.45, 2.75) is 31.3 Å². The number of likely N-dealkylation sites (tertiary alicyclic amines) is 1. The summed E-state index contributed by atoms with van der Waals surface area (Å²) in [6.45, 7) is 0.659. The third-order valence-corrected chi connectivity index (χ3v) is 3.88. The molecule has 0 saturated carbocycles. The fraction of sp³-hybridized carbons (Fsp3) is 0.500. The van der Waals surface area contributed by atoms with Crippen molar-refractivity contribution in [1.29, 1.82) is 0 Å². The number of carbonyl (C=O) groups is 2. The van der Waals surface area contributed by atoms with Gasteiger partial charge in [-0.2, -0.15) is 11.3 Å². The number of nitrogens with zero attached hydrogens (tertiary/aromatic N) is 1. The minimum Gasteiger partial charge on any atom is -0.481 e. The molecule has 0 aromatic carbocycles. The molecule has 6 heteroatoms. The van der Waals surface area contributed by atoms with Gasteiger partial charge in [0.2, 0.25) is 5.91 Å². The van der Waals surface area contributed by atoms with Crippen LogP contribution >= 0.6 is 11.3 Å². The molecule has 1 aliphatic rings. The first-order chi connectivity index (χ1) is 8.59. The van der Waals surface area contributed by atoms with Crippen LogP contribution in [-0.2, 0) is 9.59 Å². The Bertz CT molecular complexity index is 433. The predicted octanol–water partition coefficient (Wildman–Crippen LogP) is 1.21. The molecular weight excluding hydrogens is 252 g/mol. The first-order valence-corrected chi connectivity index (χ1v) is 6.84. The van der Waals surface area contributed by atoms with Gasteiger partial charge in [-0.3, -0.25) is 9.59 Å². The van der Waals surface area contributed by atoms with Gasteiger partial charge in [-0.1, -0.05) is 0 Å². The number of nitrogens with two attached hydrogens (primary N) is 1. The van der Waals surface area contributed by atoms with E-state index in [-0.39, 0.29) is 18.4 Å². The second-order valence-electron chi connectivity index (χ2n) is 4.45. The number of hydrogen-bond donors (Lipinski definition) is 2. The average Bonchev–Trinajstić information content (AvgIpc) is 2.97. The fourth-order valence-electron chi connectivity index (χ4n) is 2.33. The van der Waals surface area contributed by atoms with Crippen molar-refractivity contribution in [3.63, 3.8) is 0 Å². The van der Waals surface area contributed by atoms with E-state index >= 15 is 0 Å². The third kappa shape index (κ3) is 2.70. The SMILES string of the molecule is NC(CC(=O)O)C(=O)N1CCCC1c1ccsc1. The van der Waals surface area contributed by atoms with Crippen LogP contribution in [0.25, 0.3) is 0 Å². The van der Waals surface area contributed by atoms with Gasteiger partial charge in [0, 0.05) is 6.54 Å². The lowest BCUT2D eigenvalue weighted by Crippen LogP contribution is -2.44. The largest absolute Gasteiger partial charge is 0.481 e. The quantitative estimate of drug-likeness (QED) is 0.859. The molecule has 1 amide bonds. The predicted molar refractivity (Wildman–Crippen MR) is 68.2 cm³/mol. The van der Waals surface area contributed by atoms with Crippen LogP contribution in [0.5, 0.6) is 0 Å². The molecule has 0 radical (unpaired) electrons. The van der Waals surface area contributed by atoms with Crippen molar-refractivity contribution >= 4 is 23.2 Å². The number of carbonyl (C=O) groups excluding carboxylic acids is 1. The molecule has 2 unspecified atom stereocenters. The smallest absolute Gasteiger partial charge is 0.305 e. The lowest BCUT2D eigenvalue weighted by atomic mass is 10.1. The van der Waals surface area contributed by atoms with E-state index < -0.39 is 12.0 Å². The van der Waals surface area contributed by atoms with E-state index in [1.54, 1.807) is 16.2 Å². The summed E-state index contributed by atoms with van der Waals surface area (Å²) in [7, 11) is 0. The molecule has 18 heavy (non-hydrogen) atoms. The highest BCUT2D eigenvalue weighted by atomic mass is 32.1. The maximum Gasteiger partial charge on any atom is 0.305 e. The second kappa shape index (κ2) is 5.49. The summed E-state index contributed by atoms with van der Waals surface area (Å²) in [4.78, 5) is 24.4. The Morgan fingerprint density at radius 1 is 1.61 bits per heavy atom. The van der Waals surface area contributed by atoms with Crippen molar-refractivity contribution in [1.82, 2.24) is 4.90 Å². The Balaban J connectivity index is 2.07. The molecule has 0 spiro atoms. The maximum absolute atomic E-state index is 12.1. The number of amides is 1. The van der Waals surface area contributed by atoms with Crippen LogP contribution in [0.2, 0.25) is 0 Å². The number of carboxylic acid groups (broad SMARTS) is 1. The van der Waals surface area contributed by atoms with Gasteiger partial charge >= 0.3 is 5.97 Å². The first-order valence-electron chi connectivity index (χ1n) is 5.89. The summed E-state index contributed by atoms with van der Waals surface area (Å²) in [5.41, 5.74) is 6.76. The van der Waals surface area contributed by atoms with E-state index in [1.807, 2.05) is 16.8 Å². The van der Waals surface area contributed by atoms with Gasteiger partial charge in [0.15, 0.2) is 0 Å². The van der Waals surface area contributed by atoms with Crippen LogP contribution in [0, 0.1) is 0 Å². The summed E-state index contributed by atoms with van der Waals surface area (Å²) < 4.78 is 0. The Morgan fingerprint density at radius 3 is 3.00 bits per heavy atom. The van der Waals surface area contributed by atoms with Gasteiger partial charge in [-0.15, -0.1) is 0 Å². The topological polar surface area (TPSA) is 83.6 Å². The fourth-order valence-corrected chi connectivity index (χ4v) is 3.04. The molecule has 1 aromatic rings. The molecule has 98 valence electrons. The third-order valence-electron chi connectivity index (χ3n) is 3.18. The van der Waals surface area contributed by atoms with Crippen LogP contribution in [-0.4, -0.2) is 34.5 Å². The molecule has 1 aromatic heterocycles. The molecule has 3 N–H and O–H groups in total. The Hall–Kier alpha value is -1.40. The Morgan fingerprint density at radius 2 is 2.39 bits per heavy atom. The van der Waals surface area contributed by atoms with Crippen LogP contribution in [0.3, 0.4) is 0 Å². The van der Waals surface area contributed by atoms with Crippen LogP contribution < -0.4 is 5.73 Å². The standard InChI is InChI=1S/C12H16N2O3S/c13-9(6-11(15)16)12(17)14-4-1-2-10(14)8-3-5-18-7-8/h3,5,7,9-10H,1-2,4,6,13H2,(H,15,16). The Kier molecular flexibility index (Phi) is 3.98. The minimum absolute atomic E-state index is 0.0589. The molecule has 0 aliphatic carbocycles. The number of thiophene rings is 1. The number of carboxylic acids is 1. The Labute approximate surface area is 109 Å². The second-order valence-corrected chi connectivity index (χ2v) is 5.23. The highest BCUT2D eigenvalue weighted by molar-refractivity contribution is 7.07. The van der Waals surface area contributed by atoms with Crippen molar-refractivity contribution in [3.05, 3.63) is 22.4 Å². The zero-order valence-corrected chi connectivity index (χ0v) is 10.7. The zero-order valence-electron chi connectivity index (χ0n) is 9.91. The molecular formula is C12H16N2O3S. The summed E-state index contributed by atoms with van der Waals surface area (Å²) >= 11 is 1.60. The van der Waals surface area contributed by atoms with Crippen molar-refractivity contribution < 1.29 is 14.7 Å². The van der Waals surface area contributed by atoms with E-state index in [0.717, 1.165) is 18.4 Å². The average molecular weight is 268 g/mol. The lowest BCUT2D eigenvalue weighted by molar-refractivity contribution is -0.142. The molecule has 2 atom stereocenters. The van der Waals surface area contributed by atoms with E-state index in [9.17, 15) is 9.59 Å². The summed E-state index contributed by atoms with van der Waals surface area (Å²) in [6.07, 6.45) is 1.54. The molecule has 2 heterocycles. The van der Waals surface area contributed by atoms with Gasteiger partial charge in [-0.05, 0) is 35.2 Å². The summed E-state index contributed by atoms with van der Waals surface area (Å²) in [6, 6.07) is 1.12. The summed E-state index contributed by atoms with van der Waals surface area (Å²) in [5.74, 6) is -1.30. The van der Waals surface area contributed by atoms with E-state index in [4.69, 9.17) is 10.8 Å². The minimum atomic E-state index is -1.04. The molecule has 1 aliphatic heterocycles. The molecule has 1 saturated heterocycles. The molecule has 5 nitrogen and oxygen atoms in total. The number of hydrogen-bond acceptors (Lipinski definition) is 4. The highest BCUT2D eigenvalue weighted by Gasteiger charge is 2.33. The van der Waals surface area contributed by atoms with E-state index in [0.29, 0.717) is 6.54 Å². The van der Waals surface area contributed by atoms with Crippen LogP contribution in [0.4, 0.5) is 0 Å².